The van der Waals surface area contributed by atoms with E-state index in [1.807, 2.05) is 20.1 Å². The summed E-state index contributed by atoms with van der Waals surface area (Å²) in [5.74, 6) is -5.11. The number of methoxy groups -OCH3 is 1. The first-order valence-electron chi connectivity index (χ1n) is 18.8. The fraction of sp³-hybridized carbons (Fsp3) is 0.500. The number of carbonyl (C=O) groups is 8. The summed E-state index contributed by atoms with van der Waals surface area (Å²) in [5, 5.41) is 25.3. The van der Waals surface area contributed by atoms with Gasteiger partial charge in [-0.05, 0) is 60.3 Å². The molecule has 2 rings (SSSR count). The maximum atomic E-state index is 13.8. The minimum absolute atomic E-state index is 0.0120. The molecule has 0 saturated heterocycles. The number of amides is 6. The Morgan fingerprint density at radius 1 is 0.638 bits per heavy atom. The second-order valence-electron chi connectivity index (χ2n) is 13.8. The molecule has 0 saturated carbocycles. The van der Waals surface area contributed by atoms with Gasteiger partial charge in [0.1, 0.15) is 36.3 Å². The van der Waals surface area contributed by atoms with E-state index >= 15 is 0 Å². The van der Waals surface area contributed by atoms with Crippen molar-refractivity contribution in [3.05, 3.63) is 71.8 Å². The molecule has 6 amide bonds. The number of carbonyl (C=O) groups excluding carboxylic acids is 7. The van der Waals surface area contributed by atoms with Crippen molar-refractivity contribution in [2.45, 2.75) is 88.6 Å². The fourth-order valence-corrected chi connectivity index (χ4v) is 6.73. The lowest BCUT2D eigenvalue weighted by molar-refractivity contribution is -0.145. The quantitative estimate of drug-likeness (QED) is 0.0497. The molecule has 0 radical (unpaired) electrons. The van der Waals surface area contributed by atoms with E-state index in [0.29, 0.717) is 29.0 Å². The summed E-state index contributed by atoms with van der Waals surface area (Å²) in [7, 11) is 1.16. The minimum atomic E-state index is -1.57. The van der Waals surface area contributed by atoms with Crippen LogP contribution in [0.3, 0.4) is 0 Å². The number of esters is 1. The van der Waals surface area contributed by atoms with Crippen LogP contribution in [-0.2, 0) is 55.9 Å². The normalized spacial score (nSPS) is 14.0. The highest BCUT2D eigenvalue weighted by Crippen LogP contribution is 2.11. The molecule has 16 nitrogen and oxygen atoms in total. The number of aliphatic carboxylic acids is 1. The van der Waals surface area contributed by atoms with Gasteiger partial charge in [0.2, 0.25) is 35.9 Å². The summed E-state index contributed by atoms with van der Waals surface area (Å²) in [5.41, 5.74) is 1.39. The largest absolute Gasteiger partial charge is 0.480 e. The molecule has 18 heteroatoms. The van der Waals surface area contributed by atoms with Gasteiger partial charge in [0.25, 0.3) is 0 Å². The van der Waals surface area contributed by atoms with Gasteiger partial charge in [-0.25, -0.2) is 9.59 Å². The van der Waals surface area contributed by atoms with Gasteiger partial charge < -0.3 is 41.7 Å². The van der Waals surface area contributed by atoms with Gasteiger partial charge >= 0.3 is 11.9 Å². The molecule has 318 valence electrons. The molecule has 2 aromatic carbocycles. The summed E-state index contributed by atoms with van der Waals surface area (Å²) in [6.07, 6.45) is 3.83. The minimum Gasteiger partial charge on any atom is -0.480 e. The van der Waals surface area contributed by atoms with Gasteiger partial charge in [-0.2, -0.15) is 23.5 Å². The van der Waals surface area contributed by atoms with Gasteiger partial charge in [0.05, 0.1) is 13.5 Å². The lowest BCUT2D eigenvalue weighted by atomic mass is 10.0. The number of benzene rings is 2. The third kappa shape index (κ3) is 18.0. The third-order valence-corrected chi connectivity index (χ3v) is 10.1. The Morgan fingerprint density at radius 3 is 1.59 bits per heavy atom. The predicted octanol–water partition coefficient (Wildman–Crippen LogP) is 1.21. The van der Waals surface area contributed by atoms with Crippen LogP contribution in [-0.4, -0.2) is 120 Å². The Morgan fingerprint density at radius 2 is 1.09 bits per heavy atom. The maximum Gasteiger partial charge on any atom is 0.328 e. The second-order valence-corrected chi connectivity index (χ2v) is 15.8. The Hall–Kier alpha value is -5.10. The van der Waals surface area contributed by atoms with Gasteiger partial charge in [-0.15, -0.1) is 0 Å². The zero-order valence-electron chi connectivity index (χ0n) is 33.5. The molecule has 0 aliphatic heterocycles. The summed E-state index contributed by atoms with van der Waals surface area (Å²) >= 11 is 2.83. The van der Waals surface area contributed by atoms with Gasteiger partial charge in [0, 0.05) is 12.8 Å². The molecule has 58 heavy (non-hydrogen) atoms. The van der Waals surface area contributed by atoms with Crippen LogP contribution in [0.4, 0.5) is 0 Å². The van der Waals surface area contributed by atoms with Crippen LogP contribution < -0.4 is 31.9 Å². The number of carboxylic acid groups (broad SMARTS) is 1. The van der Waals surface area contributed by atoms with Crippen molar-refractivity contribution in [1.29, 1.82) is 0 Å². The lowest BCUT2D eigenvalue weighted by Crippen LogP contribution is -2.58. The van der Waals surface area contributed by atoms with Crippen LogP contribution in [0.1, 0.15) is 50.7 Å². The maximum absolute atomic E-state index is 13.8. The number of hydrogen-bond donors (Lipinski definition) is 7. The monoisotopic (exact) mass is 844 g/mol. The van der Waals surface area contributed by atoms with Crippen LogP contribution in [0.15, 0.2) is 60.7 Å². The molecule has 0 bridgehead atoms. The number of nitrogens with one attached hydrogen (secondary N) is 6. The van der Waals surface area contributed by atoms with E-state index in [-0.39, 0.29) is 38.0 Å². The summed E-state index contributed by atoms with van der Waals surface area (Å²) in [6.45, 7) is 3.66. The van der Waals surface area contributed by atoms with Crippen LogP contribution in [0.5, 0.6) is 0 Å². The molecule has 6 atom stereocenters. The standard InChI is InChI=1S/C40H56N6O10S2/c1-25(2)20-30(37(51)45-32(39(53)54)21-26-12-8-6-9-13-26)43-36(50)29(17-19-58-5)42-34(48)23-31(44-35(49)28(41-24-47)16-18-57-4)38(52)46-33(40(55)56-3)22-27-14-10-7-11-15-27/h6-15,24-25,28-33H,16-23H2,1-5H3,(H,41,47)(H,42,48)(H,43,50)(H,44,49)(H,45,51)(H,46,52)(H,53,54)/t28-,29-,30-,31-,32-,33-/m0/s1. The average molecular weight is 845 g/mol. The van der Waals surface area contributed by atoms with E-state index in [2.05, 4.69) is 31.9 Å². The molecule has 0 aromatic heterocycles. The number of ether oxygens (including phenoxy) is 1. The topological polar surface area (TPSA) is 238 Å². The molecule has 0 aliphatic carbocycles. The van der Waals surface area contributed by atoms with Crippen LogP contribution in [0, 0.1) is 5.92 Å². The zero-order chi connectivity index (χ0) is 43.0. The number of rotatable bonds is 27. The van der Waals surface area contributed by atoms with Crippen molar-refractivity contribution < 1.29 is 48.2 Å². The SMILES string of the molecule is COC(=O)[C@H](Cc1ccccc1)NC(=O)[C@H](CC(=O)N[C@@H](CCSC)C(=O)N[C@@H](CC(C)C)C(=O)N[C@@H](Cc1ccccc1)C(=O)O)NC(=O)[C@H](CCSC)NC=O. The Balaban J connectivity index is 2.34. The molecule has 0 aliphatic rings. The van der Waals surface area contributed by atoms with E-state index in [1.54, 1.807) is 66.9 Å². The molecule has 0 heterocycles. The Kier molecular flexibility index (Phi) is 22.6. The van der Waals surface area contributed by atoms with E-state index in [1.165, 1.54) is 23.5 Å². The fourth-order valence-electron chi connectivity index (χ4n) is 5.79. The molecular formula is C40H56N6O10S2. The molecule has 7 N–H and O–H groups in total. The smallest absolute Gasteiger partial charge is 0.328 e. The predicted molar refractivity (Wildman–Crippen MR) is 223 cm³/mol. The Labute approximate surface area is 347 Å². The van der Waals surface area contributed by atoms with E-state index in [9.17, 15) is 43.5 Å². The first kappa shape index (κ1) is 49.0. The highest BCUT2D eigenvalue weighted by molar-refractivity contribution is 7.98. The van der Waals surface area contributed by atoms with Gasteiger partial charge in [-0.1, -0.05) is 74.5 Å². The van der Waals surface area contributed by atoms with E-state index in [4.69, 9.17) is 4.74 Å². The van der Waals surface area contributed by atoms with Crippen molar-refractivity contribution >= 4 is 71.4 Å². The summed E-state index contributed by atoms with van der Waals surface area (Å²) < 4.78 is 4.91. The summed E-state index contributed by atoms with van der Waals surface area (Å²) in [4.78, 5) is 104. The van der Waals surface area contributed by atoms with E-state index < -0.39 is 84.1 Å². The number of carboxylic acids is 1. The van der Waals surface area contributed by atoms with Crippen LogP contribution >= 0.6 is 23.5 Å². The van der Waals surface area contributed by atoms with Crippen molar-refractivity contribution in [1.82, 2.24) is 31.9 Å². The summed E-state index contributed by atoms with van der Waals surface area (Å²) in [6, 6.07) is 10.1. The molecular weight excluding hydrogens is 789 g/mol. The highest BCUT2D eigenvalue weighted by Gasteiger charge is 2.34. The molecule has 2 aromatic rings. The molecule has 0 spiro atoms. The van der Waals surface area contributed by atoms with Crippen molar-refractivity contribution in [3.8, 4) is 0 Å². The van der Waals surface area contributed by atoms with Crippen molar-refractivity contribution in [3.63, 3.8) is 0 Å². The van der Waals surface area contributed by atoms with Crippen molar-refractivity contribution in [2.24, 2.45) is 5.92 Å². The first-order valence-corrected chi connectivity index (χ1v) is 21.6. The molecule has 0 fully saturated rings. The van der Waals surface area contributed by atoms with Gasteiger partial charge in [-0.3, -0.25) is 28.8 Å². The number of thioether (sulfide) groups is 2. The number of hydrogen-bond acceptors (Lipinski definition) is 11. The van der Waals surface area contributed by atoms with Gasteiger partial charge in [0.15, 0.2) is 0 Å². The van der Waals surface area contributed by atoms with Crippen LogP contribution in [0.2, 0.25) is 0 Å². The first-order chi connectivity index (χ1) is 27.7. The molecule has 0 unspecified atom stereocenters. The van der Waals surface area contributed by atoms with E-state index in [0.717, 1.165) is 7.11 Å². The lowest BCUT2D eigenvalue weighted by Gasteiger charge is -2.27. The van der Waals surface area contributed by atoms with Crippen LogP contribution in [0.25, 0.3) is 0 Å². The second kappa shape index (κ2) is 26.7. The Bertz CT molecular complexity index is 1650. The highest BCUT2D eigenvalue weighted by atomic mass is 32.2. The average Bonchev–Trinajstić information content (AvgIpc) is 3.19. The van der Waals surface area contributed by atoms with Crippen molar-refractivity contribution in [2.75, 3.05) is 31.1 Å². The zero-order valence-corrected chi connectivity index (χ0v) is 35.1. The third-order valence-electron chi connectivity index (χ3n) is 8.80.